The van der Waals surface area contributed by atoms with Gasteiger partial charge in [-0.2, -0.15) is 0 Å². The van der Waals surface area contributed by atoms with Gasteiger partial charge in [-0.15, -0.1) is 0 Å². The molecule has 0 saturated carbocycles. The summed E-state index contributed by atoms with van der Waals surface area (Å²) in [6.07, 6.45) is 9.63. The summed E-state index contributed by atoms with van der Waals surface area (Å²) >= 11 is 0. The second-order valence-electron chi connectivity index (χ2n) is 5.35. The Morgan fingerprint density at radius 3 is 2.89 bits per heavy atom. The predicted octanol–water partition coefficient (Wildman–Crippen LogP) is 1.80. The van der Waals surface area contributed by atoms with E-state index in [-0.39, 0.29) is 0 Å². The van der Waals surface area contributed by atoms with Crippen LogP contribution in [-0.2, 0) is 6.42 Å². The molecular formula is C16H24N2. The zero-order valence-electron chi connectivity index (χ0n) is 11.5. The molecule has 0 spiro atoms. The number of hydrogen-bond donors (Lipinski definition) is 2. The highest BCUT2D eigenvalue weighted by molar-refractivity contribution is 5.43. The van der Waals surface area contributed by atoms with Gasteiger partial charge in [-0.05, 0) is 61.4 Å². The van der Waals surface area contributed by atoms with Crippen LogP contribution in [0.25, 0.3) is 12.2 Å². The van der Waals surface area contributed by atoms with Gasteiger partial charge in [-0.1, -0.05) is 25.7 Å². The highest BCUT2D eigenvalue weighted by Crippen LogP contribution is 2.33. The SMILES string of the molecule is C=C/C=c1/[nH]c2c(/c1=C/C)[C@@H](CCN)C[C@@H](C)C2. The smallest absolute Gasteiger partial charge is 0.0455 e. The Balaban J connectivity index is 2.61. The Hall–Kier alpha value is -1.28. The van der Waals surface area contributed by atoms with Crippen LogP contribution in [0.1, 0.15) is 43.9 Å². The second kappa shape index (κ2) is 5.57. The standard InChI is InChI=1S/C16H24N2/c1-4-6-14-13(5-2)16-12(7-8-17)9-11(3)10-15(16)18-14/h4-6,11-12,18H,1,7-10,17H2,2-3H3/b13-5+,14-6+/t11-,12+/m1/s1. The lowest BCUT2D eigenvalue weighted by molar-refractivity contribution is 0.414. The molecule has 0 amide bonds. The fraction of sp³-hybridized carbons (Fsp3) is 0.500. The van der Waals surface area contributed by atoms with Gasteiger partial charge in [-0.3, -0.25) is 0 Å². The lowest BCUT2D eigenvalue weighted by Crippen LogP contribution is -2.28. The van der Waals surface area contributed by atoms with Gasteiger partial charge in [0.25, 0.3) is 0 Å². The van der Waals surface area contributed by atoms with Gasteiger partial charge < -0.3 is 10.7 Å². The molecule has 1 aromatic heterocycles. The molecule has 0 unspecified atom stereocenters. The van der Waals surface area contributed by atoms with Gasteiger partial charge in [-0.25, -0.2) is 0 Å². The summed E-state index contributed by atoms with van der Waals surface area (Å²) in [5.41, 5.74) is 8.69. The van der Waals surface area contributed by atoms with E-state index in [1.165, 1.54) is 28.2 Å². The van der Waals surface area contributed by atoms with Crippen molar-refractivity contribution in [3.05, 3.63) is 34.5 Å². The van der Waals surface area contributed by atoms with Gasteiger partial charge in [0.15, 0.2) is 0 Å². The first kappa shape index (κ1) is 13.2. The van der Waals surface area contributed by atoms with Crippen LogP contribution in [-0.4, -0.2) is 11.5 Å². The number of aromatic amines is 1. The van der Waals surface area contributed by atoms with Crippen molar-refractivity contribution in [3.63, 3.8) is 0 Å². The average molecular weight is 244 g/mol. The minimum Gasteiger partial charge on any atom is -0.358 e. The molecule has 2 rings (SSSR count). The van der Waals surface area contributed by atoms with Gasteiger partial charge in [0.1, 0.15) is 0 Å². The molecule has 2 atom stereocenters. The van der Waals surface area contributed by atoms with Crippen LogP contribution < -0.4 is 16.3 Å². The molecule has 0 bridgehead atoms. The number of rotatable bonds is 3. The Kier molecular flexibility index (Phi) is 4.07. The summed E-state index contributed by atoms with van der Waals surface area (Å²) in [4.78, 5) is 3.57. The molecule has 0 aromatic carbocycles. The van der Waals surface area contributed by atoms with Crippen LogP contribution in [0.3, 0.4) is 0 Å². The van der Waals surface area contributed by atoms with Crippen LogP contribution in [0.2, 0.25) is 0 Å². The van der Waals surface area contributed by atoms with Crippen molar-refractivity contribution in [3.8, 4) is 0 Å². The normalized spacial score (nSPS) is 25.3. The molecule has 1 aliphatic rings. The Morgan fingerprint density at radius 1 is 1.50 bits per heavy atom. The molecule has 0 fully saturated rings. The van der Waals surface area contributed by atoms with Crippen LogP contribution in [0.5, 0.6) is 0 Å². The average Bonchev–Trinajstić information content (AvgIpc) is 2.67. The highest BCUT2D eigenvalue weighted by Gasteiger charge is 2.26. The Morgan fingerprint density at radius 2 is 2.28 bits per heavy atom. The molecule has 1 aliphatic carbocycles. The summed E-state index contributed by atoms with van der Waals surface area (Å²) in [5, 5.41) is 2.56. The Bertz CT molecular complexity index is 536. The van der Waals surface area contributed by atoms with E-state index in [4.69, 9.17) is 5.73 Å². The number of allylic oxidation sites excluding steroid dienone is 1. The lowest BCUT2D eigenvalue weighted by atomic mass is 9.78. The van der Waals surface area contributed by atoms with E-state index in [9.17, 15) is 0 Å². The lowest BCUT2D eigenvalue weighted by Gasteiger charge is -2.27. The van der Waals surface area contributed by atoms with E-state index in [1.807, 2.05) is 6.08 Å². The Labute approximate surface area is 109 Å². The van der Waals surface area contributed by atoms with E-state index in [1.54, 1.807) is 0 Å². The fourth-order valence-electron chi connectivity index (χ4n) is 3.29. The summed E-state index contributed by atoms with van der Waals surface area (Å²) in [5.74, 6) is 1.36. The number of H-pyrrole nitrogens is 1. The fourth-order valence-corrected chi connectivity index (χ4v) is 3.29. The van der Waals surface area contributed by atoms with E-state index >= 15 is 0 Å². The van der Waals surface area contributed by atoms with Crippen molar-refractivity contribution < 1.29 is 0 Å². The van der Waals surface area contributed by atoms with Crippen molar-refractivity contribution in [1.82, 2.24) is 4.98 Å². The maximum Gasteiger partial charge on any atom is 0.0455 e. The number of nitrogens with two attached hydrogens (primary N) is 1. The maximum absolute atomic E-state index is 5.77. The largest absolute Gasteiger partial charge is 0.358 e. The molecular weight excluding hydrogens is 220 g/mol. The van der Waals surface area contributed by atoms with Crippen LogP contribution in [0, 0.1) is 5.92 Å². The maximum atomic E-state index is 5.77. The third-order valence-corrected chi connectivity index (χ3v) is 3.93. The molecule has 2 nitrogen and oxygen atoms in total. The minimum absolute atomic E-state index is 0.614. The van der Waals surface area contributed by atoms with Crippen molar-refractivity contribution in [1.29, 1.82) is 0 Å². The molecule has 98 valence electrons. The van der Waals surface area contributed by atoms with Gasteiger partial charge in [0, 0.05) is 11.0 Å². The molecule has 0 saturated heterocycles. The number of aromatic nitrogens is 1. The first-order valence-corrected chi connectivity index (χ1v) is 6.91. The third kappa shape index (κ3) is 2.30. The van der Waals surface area contributed by atoms with Crippen molar-refractivity contribution in [2.45, 2.75) is 39.0 Å². The minimum atomic E-state index is 0.614. The van der Waals surface area contributed by atoms with E-state index in [0.29, 0.717) is 5.92 Å². The quantitative estimate of drug-likeness (QED) is 0.836. The topological polar surface area (TPSA) is 41.8 Å². The summed E-state index contributed by atoms with van der Waals surface area (Å²) < 4.78 is 0. The first-order chi connectivity index (χ1) is 8.71. The van der Waals surface area contributed by atoms with E-state index in [0.717, 1.165) is 25.3 Å². The van der Waals surface area contributed by atoms with Crippen LogP contribution >= 0.6 is 0 Å². The summed E-state index contributed by atoms with van der Waals surface area (Å²) in [6, 6.07) is 0. The predicted molar refractivity (Wildman–Crippen MR) is 78.7 cm³/mol. The van der Waals surface area contributed by atoms with Gasteiger partial charge >= 0.3 is 0 Å². The van der Waals surface area contributed by atoms with Gasteiger partial charge in [0.2, 0.25) is 0 Å². The molecule has 18 heavy (non-hydrogen) atoms. The van der Waals surface area contributed by atoms with Crippen molar-refractivity contribution in [2.75, 3.05) is 6.54 Å². The summed E-state index contributed by atoms with van der Waals surface area (Å²) in [7, 11) is 0. The number of nitrogens with one attached hydrogen (secondary N) is 1. The zero-order valence-corrected chi connectivity index (χ0v) is 11.5. The molecule has 3 N–H and O–H groups in total. The number of fused-ring (bicyclic) bond motifs is 1. The first-order valence-electron chi connectivity index (χ1n) is 6.91. The van der Waals surface area contributed by atoms with Crippen LogP contribution in [0.4, 0.5) is 0 Å². The molecule has 2 heteroatoms. The molecule has 1 aromatic rings. The van der Waals surface area contributed by atoms with Crippen molar-refractivity contribution in [2.24, 2.45) is 11.7 Å². The summed E-state index contributed by atoms with van der Waals surface area (Å²) in [6.45, 7) is 9.01. The van der Waals surface area contributed by atoms with E-state index in [2.05, 4.69) is 37.6 Å². The number of hydrogen-bond acceptors (Lipinski definition) is 1. The molecule has 0 aliphatic heterocycles. The second-order valence-corrected chi connectivity index (χ2v) is 5.35. The monoisotopic (exact) mass is 244 g/mol. The van der Waals surface area contributed by atoms with E-state index < -0.39 is 0 Å². The van der Waals surface area contributed by atoms with Crippen LogP contribution in [0.15, 0.2) is 12.7 Å². The molecule has 0 radical (unpaired) electrons. The third-order valence-electron chi connectivity index (χ3n) is 3.93. The molecule has 1 heterocycles. The highest BCUT2D eigenvalue weighted by atomic mass is 14.7. The van der Waals surface area contributed by atoms with Crippen molar-refractivity contribution >= 4 is 12.2 Å². The van der Waals surface area contributed by atoms with Gasteiger partial charge in [0.05, 0.1) is 0 Å². The zero-order chi connectivity index (χ0) is 13.1.